The summed E-state index contributed by atoms with van der Waals surface area (Å²) in [5.41, 5.74) is 7.31. The monoisotopic (exact) mass is 287 g/mol. The number of nitrogens with zero attached hydrogens (tertiary/aromatic N) is 1. The fraction of sp³-hybridized carbons (Fsp3) is 0.190. The van der Waals surface area contributed by atoms with Crippen molar-refractivity contribution in [2.24, 2.45) is 0 Å². The van der Waals surface area contributed by atoms with Crippen molar-refractivity contribution in [1.29, 1.82) is 5.26 Å². The molecule has 0 spiro atoms. The van der Waals surface area contributed by atoms with Crippen LogP contribution >= 0.6 is 0 Å². The third kappa shape index (κ3) is 3.54. The lowest BCUT2D eigenvalue weighted by molar-refractivity contribution is 0.942. The summed E-state index contributed by atoms with van der Waals surface area (Å²) in [6.45, 7) is 12.0. The zero-order valence-electron chi connectivity index (χ0n) is 13.3. The summed E-state index contributed by atoms with van der Waals surface area (Å²) in [7, 11) is 0. The molecule has 0 aromatic heterocycles. The summed E-state index contributed by atoms with van der Waals surface area (Å²) < 4.78 is 0. The van der Waals surface area contributed by atoms with Crippen LogP contribution in [0.2, 0.25) is 0 Å². The molecular formula is C21H21N. The van der Waals surface area contributed by atoms with Crippen LogP contribution in [0.1, 0.15) is 37.0 Å². The summed E-state index contributed by atoms with van der Waals surface area (Å²) in [5, 5.41) is 9.44. The third-order valence-electron chi connectivity index (χ3n) is 3.75. The van der Waals surface area contributed by atoms with E-state index in [0.29, 0.717) is 0 Å². The number of allylic oxidation sites excluding steroid dienone is 2. The summed E-state index contributed by atoms with van der Waals surface area (Å²) in [4.78, 5) is 0. The molecule has 0 fully saturated rings. The van der Waals surface area contributed by atoms with Crippen LogP contribution in [0.3, 0.4) is 0 Å². The third-order valence-corrected chi connectivity index (χ3v) is 3.75. The van der Waals surface area contributed by atoms with E-state index in [4.69, 9.17) is 0 Å². The van der Waals surface area contributed by atoms with Crippen molar-refractivity contribution in [2.75, 3.05) is 0 Å². The molecule has 22 heavy (non-hydrogen) atoms. The lowest BCUT2D eigenvalue weighted by Crippen LogP contribution is -1.93. The molecule has 0 aliphatic rings. The Hall–Kier alpha value is -2.59. The average molecular weight is 287 g/mol. The molecule has 1 heteroatoms. The molecule has 0 unspecified atom stereocenters. The van der Waals surface area contributed by atoms with Gasteiger partial charge in [0, 0.05) is 0 Å². The van der Waals surface area contributed by atoms with Crippen molar-refractivity contribution >= 4 is 5.57 Å². The largest absolute Gasteiger partial charge is 0.192 e. The van der Waals surface area contributed by atoms with Crippen molar-refractivity contribution in [3.05, 3.63) is 77.9 Å². The van der Waals surface area contributed by atoms with E-state index in [2.05, 4.69) is 43.5 Å². The molecule has 0 N–H and O–H groups in total. The second-order valence-corrected chi connectivity index (χ2v) is 5.77. The molecule has 0 saturated heterocycles. The lowest BCUT2D eigenvalue weighted by atomic mass is 9.92. The Morgan fingerprint density at radius 1 is 1.09 bits per heavy atom. The maximum absolute atomic E-state index is 9.44. The van der Waals surface area contributed by atoms with Gasteiger partial charge in [-0.25, -0.2) is 0 Å². The first-order chi connectivity index (χ1) is 10.5. The molecule has 1 nitrogen and oxygen atoms in total. The molecule has 2 aromatic rings. The van der Waals surface area contributed by atoms with Gasteiger partial charge in [0.2, 0.25) is 0 Å². The van der Waals surface area contributed by atoms with Gasteiger partial charge >= 0.3 is 0 Å². The summed E-state index contributed by atoms with van der Waals surface area (Å²) >= 11 is 0. The fourth-order valence-corrected chi connectivity index (χ4v) is 2.52. The zero-order valence-corrected chi connectivity index (χ0v) is 13.3. The Morgan fingerprint density at radius 3 is 2.45 bits per heavy atom. The van der Waals surface area contributed by atoms with Crippen molar-refractivity contribution in [3.63, 3.8) is 0 Å². The highest BCUT2D eigenvalue weighted by Gasteiger charge is 2.09. The van der Waals surface area contributed by atoms with Crippen LogP contribution < -0.4 is 0 Å². The van der Waals surface area contributed by atoms with Crippen LogP contribution in [0.15, 0.2) is 61.2 Å². The molecule has 0 bridgehead atoms. The van der Waals surface area contributed by atoms with Crippen LogP contribution in [-0.2, 0) is 6.42 Å². The Morgan fingerprint density at radius 2 is 1.82 bits per heavy atom. The Bertz CT molecular complexity index is 760. The molecule has 0 aliphatic heterocycles. The van der Waals surface area contributed by atoms with Gasteiger partial charge in [0.1, 0.15) is 0 Å². The fourth-order valence-electron chi connectivity index (χ4n) is 2.52. The highest BCUT2D eigenvalue weighted by molar-refractivity contribution is 5.80. The minimum Gasteiger partial charge on any atom is -0.192 e. The van der Waals surface area contributed by atoms with Crippen molar-refractivity contribution in [2.45, 2.75) is 26.7 Å². The van der Waals surface area contributed by atoms with E-state index in [1.54, 1.807) is 0 Å². The van der Waals surface area contributed by atoms with Gasteiger partial charge in [-0.05, 0) is 55.0 Å². The van der Waals surface area contributed by atoms with E-state index >= 15 is 0 Å². The van der Waals surface area contributed by atoms with Gasteiger partial charge in [0.05, 0.1) is 11.6 Å². The molecular weight excluding hydrogens is 266 g/mol. The van der Waals surface area contributed by atoms with Crippen molar-refractivity contribution in [3.8, 4) is 17.2 Å². The number of hydrogen-bond donors (Lipinski definition) is 0. The van der Waals surface area contributed by atoms with Gasteiger partial charge < -0.3 is 0 Å². The molecule has 0 aliphatic carbocycles. The molecule has 0 atom stereocenters. The maximum atomic E-state index is 9.44. The highest BCUT2D eigenvalue weighted by atomic mass is 14.2. The van der Waals surface area contributed by atoms with Crippen LogP contribution in [0.4, 0.5) is 0 Å². The predicted molar refractivity (Wildman–Crippen MR) is 94.4 cm³/mol. The van der Waals surface area contributed by atoms with Crippen molar-refractivity contribution < 1.29 is 0 Å². The SMILES string of the molecule is C=C(C)CCc1ccc(-c2ccccc2C(=C)C)cc1C#N. The van der Waals surface area contributed by atoms with Crippen LogP contribution in [-0.4, -0.2) is 0 Å². The standard InChI is InChI=1S/C21H21N/c1-15(2)9-10-17-11-12-18(13-19(17)14-22)21-8-6-5-7-20(21)16(3)4/h5-8,11-13H,1,3,9-10H2,2,4H3. The van der Waals surface area contributed by atoms with E-state index in [1.807, 2.05) is 32.0 Å². The first kappa shape index (κ1) is 15.8. The number of nitriles is 1. The van der Waals surface area contributed by atoms with Crippen LogP contribution in [0, 0.1) is 11.3 Å². The second-order valence-electron chi connectivity index (χ2n) is 5.77. The minimum absolute atomic E-state index is 0.746. The molecule has 0 saturated carbocycles. The molecule has 0 heterocycles. The normalized spacial score (nSPS) is 10.0. The molecule has 0 radical (unpaired) electrons. The Kier molecular flexibility index (Phi) is 4.96. The predicted octanol–water partition coefficient (Wildman–Crippen LogP) is 5.77. The number of hydrogen-bond acceptors (Lipinski definition) is 1. The first-order valence-electron chi connectivity index (χ1n) is 7.45. The van der Waals surface area contributed by atoms with Crippen molar-refractivity contribution in [1.82, 2.24) is 0 Å². The zero-order chi connectivity index (χ0) is 16.1. The van der Waals surface area contributed by atoms with E-state index in [9.17, 15) is 5.26 Å². The summed E-state index contributed by atoms with van der Waals surface area (Å²) in [6, 6.07) is 16.6. The topological polar surface area (TPSA) is 23.8 Å². The molecule has 0 amide bonds. The summed E-state index contributed by atoms with van der Waals surface area (Å²) in [6.07, 6.45) is 1.77. The van der Waals surface area contributed by atoms with E-state index in [0.717, 1.165) is 51.8 Å². The van der Waals surface area contributed by atoms with E-state index in [1.165, 1.54) is 0 Å². The maximum Gasteiger partial charge on any atom is 0.0994 e. The van der Waals surface area contributed by atoms with Gasteiger partial charge in [-0.2, -0.15) is 5.26 Å². The Labute approximate surface area is 133 Å². The first-order valence-corrected chi connectivity index (χ1v) is 7.45. The highest BCUT2D eigenvalue weighted by Crippen LogP contribution is 2.29. The summed E-state index contributed by atoms with van der Waals surface area (Å²) in [5.74, 6) is 0. The number of rotatable bonds is 5. The number of benzene rings is 2. The molecule has 110 valence electrons. The molecule has 2 rings (SSSR count). The van der Waals surface area contributed by atoms with E-state index < -0.39 is 0 Å². The van der Waals surface area contributed by atoms with E-state index in [-0.39, 0.29) is 0 Å². The van der Waals surface area contributed by atoms with Gasteiger partial charge in [-0.15, -0.1) is 6.58 Å². The number of aryl methyl sites for hydroxylation is 1. The second kappa shape index (κ2) is 6.91. The Balaban J connectivity index is 2.45. The quantitative estimate of drug-likeness (QED) is 0.641. The average Bonchev–Trinajstić information content (AvgIpc) is 2.52. The van der Waals surface area contributed by atoms with Gasteiger partial charge in [-0.1, -0.05) is 54.1 Å². The smallest absolute Gasteiger partial charge is 0.0994 e. The van der Waals surface area contributed by atoms with Gasteiger partial charge in [0.25, 0.3) is 0 Å². The lowest BCUT2D eigenvalue weighted by Gasteiger charge is -2.11. The van der Waals surface area contributed by atoms with Gasteiger partial charge in [-0.3, -0.25) is 0 Å². The van der Waals surface area contributed by atoms with Crippen LogP contribution in [0.25, 0.3) is 16.7 Å². The van der Waals surface area contributed by atoms with Crippen LogP contribution in [0.5, 0.6) is 0 Å². The van der Waals surface area contributed by atoms with Gasteiger partial charge in [0.15, 0.2) is 0 Å². The molecule has 2 aromatic carbocycles. The minimum atomic E-state index is 0.746.